The molecule has 0 amide bonds. The highest BCUT2D eigenvalue weighted by atomic mass is 19.2. The van der Waals surface area contributed by atoms with E-state index in [0.717, 1.165) is 30.4 Å². The van der Waals surface area contributed by atoms with Crippen LogP contribution >= 0.6 is 0 Å². The molecular formula is C22H34F2O. The zero-order valence-corrected chi connectivity index (χ0v) is 15.7. The predicted octanol–water partition coefficient (Wildman–Crippen LogP) is 7.29. The predicted molar refractivity (Wildman–Crippen MR) is 99.9 cm³/mol. The second-order valence-corrected chi connectivity index (χ2v) is 7.66. The molecule has 1 aliphatic rings. The van der Waals surface area contributed by atoms with E-state index in [1.165, 1.54) is 76.7 Å². The maximum Gasteiger partial charge on any atom is 0.162 e. The maximum atomic E-state index is 13.1. The van der Waals surface area contributed by atoms with E-state index in [9.17, 15) is 8.78 Å². The van der Waals surface area contributed by atoms with Crippen molar-refractivity contribution >= 4 is 0 Å². The second kappa shape index (κ2) is 11.5. The van der Waals surface area contributed by atoms with Gasteiger partial charge >= 0.3 is 0 Å². The van der Waals surface area contributed by atoms with Gasteiger partial charge in [0.05, 0.1) is 6.61 Å². The summed E-state index contributed by atoms with van der Waals surface area (Å²) in [7, 11) is 0. The first kappa shape index (κ1) is 20.2. The van der Waals surface area contributed by atoms with E-state index in [-0.39, 0.29) is 0 Å². The van der Waals surface area contributed by atoms with Crippen molar-refractivity contribution in [2.24, 2.45) is 11.8 Å². The summed E-state index contributed by atoms with van der Waals surface area (Å²) in [6.07, 6.45) is 16.0. The smallest absolute Gasteiger partial charge is 0.162 e. The standard InChI is InChI=1S/C22H34F2O/c1-2-3-4-5-6-8-18-10-12-19(13-11-18)9-7-16-25-20-14-15-21(23)22(24)17-20/h14-15,17-19H,2-13,16H2,1H3/t18-,19-. The van der Waals surface area contributed by atoms with Crippen molar-refractivity contribution < 1.29 is 13.5 Å². The Morgan fingerprint density at radius 2 is 1.48 bits per heavy atom. The van der Waals surface area contributed by atoms with Crippen LogP contribution in [0.15, 0.2) is 18.2 Å². The van der Waals surface area contributed by atoms with Gasteiger partial charge in [-0.1, -0.05) is 71.1 Å². The highest BCUT2D eigenvalue weighted by Crippen LogP contribution is 2.34. The van der Waals surface area contributed by atoms with E-state index < -0.39 is 11.6 Å². The molecule has 0 aromatic heterocycles. The van der Waals surface area contributed by atoms with Crippen LogP contribution < -0.4 is 4.74 Å². The molecule has 25 heavy (non-hydrogen) atoms. The van der Waals surface area contributed by atoms with E-state index in [1.54, 1.807) is 0 Å². The molecule has 0 N–H and O–H groups in total. The number of halogens is 2. The van der Waals surface area contributed by atoms with Gasteiger partial charge in [-0.25, -0.2) is 8.78 Å². The van der Waals surface area contributed by atoms with Gasteiger partial charge in [0.2, 0.25) is 0 Å². The van der Waals surface area contributed by atoms with Crippen LogP contribution in [0.4, 0.5) is 8.78 Å². The lowest BCUT2D eigenvalue weighted by molar-refractivity contribution is 0.227. The second-order valence-electron chi connectivity index (χ2n) is 7.66. The molecule has 1 nitrogen and oxygen atoms in total. The van der Waals surface area contributed by atoms with Gasteiger partial charge in [0, 0.05) is 6.07 Å². The molecule has 0 bridgehead atoms. The zero-order valence-electron chi connectivity index (χ0n) is 15.7. The van der Waals surface area contributed by atoms with Crippen molar-refractivity contribution in [3.63, 3.8) is 0 Å². The average Bonchev–Trinajstić information content (AvgIpc) is 2.62. The van der Waals surface area contributed by atoms with Crippen LogP contribution in [-0.2, 0) is 0 Å². The molecule has 0 spiro atoms. The number of benzene rings is 1. The molecule has 2 rings (SSSR count). The first-order chi connectivity index (χ1) is 12.2. The normalized spacial score (nSPS) is 20.6. The Hall–Kier alpha value is -1.12. The molecule has 1 aliphatic carbocycles. The summed E-state index contributed by atoms with van der Waals surface area (Å²) >= 11 is 0. The van der Waals surface area contributed by atoms with E-state index in [2.05, 4.69) is 6.92 Å². The number of hydrogen-bond acceptors (Lipinski definition) is 1. The lowest BCUT2D eigenvalue weighted by atomic mass is 9.78. The average molecular weight is 353 g/mol. The highest BCUT2D eigenvalue weighted by Gasteiger charge is 2.20. The summed E-state index contributed by atoms with van der Waals surface area (Å²) in [6.45, 7) is 2.85. The SMILES string of the molecule is CCCCCCC[C@H]1CC[C@H](CCCOc2ccc(F)c(F)c2)CC1. The molecule has 0 heterocycles. The minimum Gasteiger partial charge on any atom is -0.493 e. The first-order valence-corrected chi connectivity index (χ1v) is 10.3. The van der Waals surface area contributed by atoms with Gasteiger partial charge in [0.1, 0.15) is 5.75 Å². The summed E-state index contributed by atoms with van der Waals surface area (Å²) in [5.41, 5.74) is 0. The Balaban J connectivity index is 1.51. The molecular weight excluding hydrogens is 318 g/mol. The molecule has 0 unspecified atom stereocenters. The third kappa shape index (κ3) is 7.75. The van der Waals surface area contributed by atoms with Crippen molar-refractivity contribution in [2.75, 3.05) is 6.61 Å². The van der Waals surface area contributed by atoms with E-state index in [4.69, 9.17) is 4.74 Å². The van der Waals surface area contributed by atoms with Gasteiger partial charge < -0.3 is 4.74 Å². The van der Waals surface area contributed by atoms with E-state index >= 15 is 0 Å². The molecule has 0 radical (unpaired) electrons. The summed E-state index contributed by atoms with van der Waals surface area (Å²) in [6, 6.07) is 3.74. The summed E-state index contributed by atoms with van der Waals surface area (Å²) in [4.78, 5) is 0. The fraction of sp³-hybridized carbons (Fsp3) is 0.727. The number of unbranched alkanes of at least 4 members (excludes halogenated alkanes) is 4. The Labute approximate surface area is 152 Å². The van der Waals surface area contributed by atoms with Crippen LogP contribution in [0.5, 0.6) is 5.75 Å². The zero-order chi connectivity index (χ0) is 17.9. The van der Waals surface area contributed by atoms with Gasteiger partial charge in [0.25, 0.3) is 0 Å². The summed E-state index contributed by atoms with van der Waals surface area (Å²) in [5.74, 6) is 0.534. The van der Waals surface area contributed by atoms with Gasteiger partial charge in [-0.15, -0.1) is 0 Å². The fourth-order valence-electron chi connectivity index (χ4n) is 3.97. The molecule has 1 fully saturated rings. The minimum atomic E-state index is -0.842. The lowest BCUT2D eigenvalue weighted by Gasteiger charge is -2.28. The summed E-state index contributed by atoms with van der Waals surface area (Å²) < 4.78 is 31.5. The Morgan fingerprint density at radius 3 is 2.12 bits per heavy atom. The number of rotatable bonds is 11. The van der Waals surface area contributed by atoms with Crippen LogP contribution in [0.3, 0.4) is 0 Å². The molecule has 3 heteroatoms. The van der Waals surface area contributed by atoms with Crippen molar-refractivity contribution in [1.82, 2.24) is 0 Å². The highest BCUT2D eigenvalue weighted by molar-refractivity contribution is 5.23. The number of hydrogen-bond donors (Lipinski definition) is 0. The maximum absolute atomic E-state index is 13.1. The molecule has 0 aliphatic heterocycles. The largest absolute Gasteiger partial charge is 0.493 e. The molecule has 1 aromatic carbocycles. The topological polar surface area (TPSA) is 9.23 Å². The van der Waals surface area contributed by atoms with Crippen LogP contribution in [0.2, 0.25) is 0 Å². The minimum absolute atomic E-state index is 0.422. The molecule has 142 valence electrons. The van der Waals surface area contributed by atoms with Gasteiger partial charge in [-0.3, -0.25) is 0 Å². The van der Waals surface area contributed by atoms with Crippen molar-refractivity contribution in [3.05, 3.63) is 29.8 Å². The Morgan fingerprint density at radius 1 is 0.840 bits per heavy atom. The van der Waals surface area contributed by atoms with Crippen molar-refractivity contribution in [1.29, 1.82) is 0 Å². The third-order valence-electron chi connectivity index (χ3n) is 5.60. The number of ether oxygens (including phenoxy) is 1. The monoisotopic (exact) mass is 352 g/mol. The molecule has 0 saturated heterocycles. The van der Waals surface area contributed by atoms with Crippen LogP contribution in [0.25, 0.3) is 0 Å². The quantitative estimate of drug-likeness (QED) is 0.380. The first-order valence-electron chi connectivity index (χ1n) is 10.3. The van der Waals surface area contributed by atoms with Crippen molar-refractivity contribution in [3.8, 4) is 5.75 Å². The molecule has 0 atom stereocenters. The van der Waals surface area contributed by atoms with E-state index in [1.807, 2.05) is 0 Å². The third-order valence-corrected chi connectivity index (χ3v) is 5.60. The van der Waals surface area contributed by atoms with Crippen LogP contribution in [-0.4, -0.2) is 6.61 Å². The Kier molecular flexibility index (Phi) is 9.28. The fourth-order valence-corrected chi connectivity index (χ4v) is 3.97. The van der Waals surface area contributed by atoms with Crippen LogP contribution in [0.1, 0.15) is 84.0 Å². The van der Waals surface area contributed by atoms with Gasteiger partial charge in [0.15, 0.2) is 11.6 Å². The van der Waals surface area contributed by atoms with Crippen LogP contribution in [0, 0.1) is 23.5 Å². The van der Waals surface area contributed by atoms with E-state index in [0.29, 0.717) is 12.4 Å². The Bertz CT molecular complexity index is 481. The van der Waals surface area contributed by atoms with Gasteiger partial charge in [-0.2, -0.15) is 0 Å². The summed E-state index contributed by atoms with van der Waals surface area (Å²) in [5, 5.41) is 0. The molecule has 1 aromatic rings. The van der Waals surface area contributed by atoms with Crippen molar-refractivity contribution in [2.45, 2.75) is 84.0 Å². The lowest BCUT2D eigenvalue weighted by Crippen LogP contribution is -2.15. The van der Waals surface area contributed by atoms with Gasteiger partial charge in [-0.05, 0) is 36.8 Å². The molecule has 1 saturated carbocycles.